The standard InChI is InChI=1S/C10H12FNO2S/c1-15-9-4-6(2-3-7(9)11)8(12)5-10(13)14/h2-4,8H,5,12H2,1H3,(H,13,14). The minimum atomic E-state index is -0.961. The van der Waals surface area contributed by atoms with Crippen molar-refractivity contribution in [3.8, 4) is 0 Å². The molecular formula is C10H12FNO2S. The van der Waals surface area contributed by atoms with Gasteiger partial charge in [0.2, 0.25) is 0 Å². The van der Waals surface area contributed by atoms with E-state index in [4.69, 9.17) is 10.8 Å². The lowest BCUT2D eigenvalue weighted by atomic mass is 10.1. The Hall–Kier alpha value is -1.07. The second kappa shape index (κ2) is 5.14. The lowest BCUT2D eigenvalue weighted by Gasteiger charge is -2.10. The first-order valence-electron chi connectivity index (χ1n) is 4.35. The molecule has 1 rings (SSSR count). The van der Waals surface area contributed by atoms with Crippen LogP contribution < -0.4 is 5.73 Å². The Morgan fingerprint density at radius 1 is 1.67 bits per heavy atom. The van der Waals surface area contributed by atoms with E-state index in [0.717, 1.165) is 0 Å². The average Bonchev–Trinajstić information content (AvgIpc) is 2.17. The first kappa shape index (κ1) is 12.0. The van der Waals surface area contributed by atoms with E-state index in [-0.39, 0.29) is 12.2 Å². The molecule has 0 amide bonds. The summed E-state index contributed by atoms with van der Waals surface area (Å²) in [5, 5.41) is 8.57. The highest BCUT2D eigenvalue weighted by molar-refractivity contribution is 7.98. The van der Waals surface area contributed by atoms with Crippen molar-refractivity contribution < 1.29 is 14.3 Å². The summed E-state index contributed by atoms with van der Waals surface area (Å²) in [4.78, 5) is 10.9. The molecule has 15 heavy (non-hydrogen) atoms. The van der Waals surface area contributed by atoms with Gasteiger partial charge in [-0.05, 0) is 24.0 Å². The molecular weight excluding hydrogens is 217 g/mol. The zero-order valence-corrected chi connectivity index (χ0v) is 9.05. The van der Waals surface area contributed by atoms with E-state index < -0.39 is 12.0 Å². The summed E-state index contributed by atoms with van der Waals surface area (Å²) in [6.45, 7) is 0. The van der Waals surface area contributed by atoms with Gasteiger partial charge in [-0.2, -0.15) is 0 Å². The quantitative estimate of drug-likeness (QED) is 0.775. The van der Waals surface area contributed by atoms with Crippen LogP contribution in [0.15, 0.2) is 23.1 Å². The number of halogens is 1. The van der Waals surface area contributed by atoms with Crippen molar-refractivity contribution in [3.63, 3.8) is 0 Å². The molecule has 3 N–H and O–H groups in total. The van der Waals surface area contributed by atoms with Crippen molar-refractivity contribution in [1.82, 2.24) is 0 Å². The highest BCUT2D eigenvalue weighted by atomic mass is 32.2. The van der Waals surface area contributed by atoms with Crippen molar-refractivity contribution in [3.05, 3.63) is 29.6 Å². The van der Waals surface area contributed by atoms with E-state index in [9.17, 15) is 9.18 Å². The monoisotopic (exact) mass is 229 g/mol. The normalized spacial score (nSPS) is 12.5. The first-order chi connectivity index (χ1) is 7.04. The largest absolute Gasteiger partial charge is 0.481 e. The zero-order chi connectivity index (χ0) is 11.4. The summed E-state index contributed by atoms with van der Waals surface area (Å²) < 4.78 is 13.1. The molecule has 1 unspecified atom stereocenters. The lowest BCUT2D eigenvalue weighted by Crippen LogP contribution is -2.15. The van der Waals surface area contributed by atoms with Crippen molar-refractivity contribution in [2.24, 2.45) is 5.73 Å². The Kier molecular flexibility index (Phi) is 4.11. The average molecular weight is 229 g/mol. The molecule has 1 aromatic carbocycles. The smallest absolute Gasteiger partial charge is 0.305 e. The number of hydrogen-bond acceptors (Lipinski definition) is 3. The van der Waals surface area contributed by atoms with Gasteiger partial charge in [0.05, 0.1) is 6.42 Å². The third-order valence-corrected chi connectivity index (χ3v) is 2.75. The van der Waals surface area contributed by atoms with Gasteiger partial charge in [0.25, 0.3) is 0 Å². The van der Waals surface area contributed by atoms with Crippen LogP contribution in [0.1, 0.15) is 18.0 Å². The highest BCUT2D eigenvalue weighted by Crippen LogP contribution is 2.24. The predicted molar refractivity (Wildman–Crippen MR) is 57.4 cm³/mol. The number of aliphatic carboxylic acids is 1. The van der Waals surface area contributed by atoms with E-state index in [0.29, 0.717) is 10.5 Å². The van der Waals surface area contributed by atoms with Crippen molar-refractivity contribution >= 4 is 17.7 Å². The molecule has 3 nitrogen and oxygen atoms in total. The number of carboxylic acid groups (broad SMARTS) is 1. The maximum atomic E-state index is 13.1. The first-order valence-corrected chi connectivity index (χ1v) is 5.58. The molecule has 0 bridgehead atoms. The third-order valence-electron chi connectivity index (χ3n) is 2.00. The molecule has 1 aromatic rings. The predicted octanol–water partition coefficient (Wildman–Crippen LogP) is 2.02. The fourth-order valence-corrected chi connectivity index (χ4v) is 1.73. The van der Waals surface area contributed by atoms with Crippen molar-refractivity contribution in [2.75, 3.05) is 6.26 Å². The molecule has 1 atom stereocenters. The van der Waals surface area contributed by atoms with Gasteiger partial charge in [0, 0.05) is 10.9 Å². The summed E-state index contributed by atoms with van der Waals surface area (Å²) >= 11 is 1.27. The molecule has 0 radical (unpaired) electrons. The van der Waals surface area contributed by atoms with E-state index in [2.05, 4.69) is 0 Å². The molecule has 0 aliphatic carbocycles. The number of thioether (sulfide) groups is 1. The fourth-order valence-electron chi connectivity index (χ4n) is 1.21. The van der Waals surface area contributed by atoms with Crippen LogP contribution in [0.3, 0.4) is 0 Å². The van der Waals surface area contributed by atoms with Gasteiger partial charge in [-0.3, -0.25) is 4.79 Å². The Morgan fingerprint density at radius 2 is 2.33 bits per heavy atom. The molecule has 0 heterocycles. The van der Waals surface area contributed by atoms with Crippen LogP contribution in [0.2, 0.25) is 0 Å². The van der Waals surface area contributed by atoms with E-state index >= 15 is 0 Å². The number of rotatable bonds is 4. The molecule has 0 aromatic heterocycles. The van der Waals surface area contributed by atoms with Crippen LogP contribution in [0.4, 0.5) is 4.39 Å². The number of carbonyl (C=O) groups is 1. The summed E-state index contributed by atoms with van der Waals surface area (Å²) in [7, 11) is 0. The van der Waals surface area contributed by atoms with E-state index in [1.807, 2.05) is 0 Å². The SMILES string of the molecule is CSc1cc(C(N)CC(=O)O)ccc1F. The molecule has 0 aliphatic heterocycles. The highest BCUT2D eigenvalue weighted by Gasteiger charge is 2.12. The van der Waals surface area contributed by atoms with Crippen LogP contribution in [-0.2, 0) is 4.79 Å². The fraction of sp³-hybridized carbons (Fsp3) is 0.300. The molecule has 0 saturated heterocycles. The van der Waals surface area contributed by atoms with E-state index in [1.165, 1.54) is 23.9 Å². The summed E-state index contributed by atoms with van der Waals surface area (Å²) in [5.41, 5.74) is 6.30. The van der Waals surface area contributed by atoms with Crippen LogP contribution in [-0.4, -0.2) is 17.3 Å². The van der Waals surface area contributed by atoms with Gasteiger partial charge in [-0.25, -0.2) is 4.39 Å². The number of hydrogen-bond donors (Lipinski definition) is 2. The Balaban J connectivity index is 2.90. The van der Waals surface area contributed by atoms with Crippen molar-refractivity contribution in [1.29, 1.82) is 0 Å². The molecule has 0 aliphatic rings. The van der Waals surface area contributed by atoms with Crippen LogP contribution >= 0.6 is 11.8 Å². The molecule has 5 heteroatoms. The minimum absolute atomic E-state index is 0.153. The van der Waals surface area contributed by atoms with Crippen LogP contribution in [0.5, 0.6) is 0 Å². The van der Waals surface area contributed by atoms with Gasteiger partial charge < -0.3 is 10.8 Å². The third kappa shape index (κ3) is 3.21. The molecule has 0 fully saturated rings. The summed E-state index contributed by atoms with van der Waals surface area (Å²) in [6.07, 6.45) is 1.60. The second-order valence-corrected chi connectivity index (χ2v) is 3.95. The summed E-state index contributed by atoms with van der Waals surface area (Å²) in [5.74, 6) is -1.27. The van der Waals surface area contributed by atoms with Gasteiger partial charge >= 0.3 is 5.97 Å². The van der Waals surface area contributed by atoms with Gasteiger partial charge in [0.15, 0.2) is 0 Å². The van der Waals surface area contributed by atoms with Gasteiger partial charge in [-0.15, -0.1) is 11.8 Å². The number of benzene rings is 1. The number of carboxylic acids is 1. The summed E-state index contributed by atoms with van der Waals surface area (Å²) in [6, 6.07) is 3.83. The maximum absolute atomic E-state index is 13.1. The Bertz CT molecular complexity index is 370. The maximum Gasteiger partial charge on any atom is 0.305 e. The molecule has 0 spiro atoms. The van der Waals surface area contributed by atoms with Gasteiger partial charge in [0.1, 0.15) is 5.82 Å². The molecule has 0 saturated carbocycles. The van der Waals surface area contributed by atoms with E-state index in [1.54, 1.807) is 12.3 Å². The van der Waals surface area contributed by atoms with Crippen LogP contribution in [0, 0.1) is 5.82 Å². The zero-order valence-electron chi connectivity index (χ0n) is 8.24. The lowest BCUT2D eigenvalue weighted by molar-refractivity contribution is -0.137. The minimum Gasteiger partial charge on any atom is -0.481 e. The Labute approximate surface area is 91.5 Å². The van der Waals surface area contributed by atoms with Gasteiger partial charge in [-0.1, -0.05) is 6.07 Å². The second-order valence-electron chi connectivity index (χ2n) is 3.10. The van der Waals surface area contributed by atoms with Crippen molar-refractivity contribution in [2.45, 2.75) is 17.4 Å². The Morgan fingerprint density at radius 3 is 2.87 bits per heavy atom. The molecule has 82 valence electrons. The van der Waals surface area contributed by atoms with Crippen LogP contribution in [0.25, 0.3) is 0 Å². The number of nitrogens with two attached hydrogens (primary N) is 1. The topological polar surface area (TPSA) is 63.3 Å².